The van der Waals surface area contributed by atoms with Crippen LogP contribution in [0.1, 0.15) is 18.5 Å². The Morgan fingerprint density at radius 3 is 1.54 bits per heavy atom. The molecule has 276 valence electrons. The molecular weight excluding hydrogens is 789 g/mol. The summed E-state index contributed by atoms with van der Waals surface area (Å²) in [4.78, 5) is 36.7. The molecule has 56 heavy (non-hydrogen) atoms. The second-order valence-corrected chi connectivity index (χ2v) is 13.9. The Morgan fingerprint density at radius 2 is 1.04 bits per heavy atom. The summed E-state index contributed by atoms with van der Waals surface area (Å²) in [5.74, 6) is 0.257. The van der Waals surface area contributed by atoms with Crippen molar-refractivity contribution in [3.63, 3.8) is 0 Å². The first-order chi connectivity index (χ1) is 25.8. The number of aromatic nitrogens is 7. The van der Waals surface area contributed by atoms with Crippen molar-refractivity contribution >= 4 is 42.6 Å². The third-order valence-electron chi connectivity index (χ3n) is 8.27. The minimum atomic E-state index is -4.97. The molecule has 3 aromatic heterocycles. The summed E-state index contributed by atoms with van der Waals surface area (Å²) in [7, 11) is -9.93. The molecule has 0 aliphatic carbocycles. The molecule has 0 saturated heterocycles. The van der Waals surface area contributed by atoms with E-state index in [1.807, 2.05) is 0 Å². The second-order valence-electron chi connectivity index (χ2n) is 12.0. The standard InChI is InChI=1S/C35H29N7O10S2.2Na/c43-34-28-7-1-3-9-30(28)36-32(23-11-15-26(16-12-23)51-53(45,46)47)41(34)20-6-5-19-40-21-25(38-39-40)22-42-33(37-31-10-4-2-8-29(31)35(42)44)24-13-17-27(18-14-24)52-54(48,49)50;;/h1-4,7-18,21H,5-6,19-20,22H2,(H,45,46,47)(H,48,49,50);;/q;2*+1/p-2. The fourth-order valence-corrected chi connectivity index (χ4v) is 6.61. The number of unbranched alkanes of at least 4 members (excludes halogenated alkanes) is 1. The van der Waals surface area contributed by atoms with Gasteiger partial charge in [0, 0.05) is 24.2 Å². The molecule has 0 aliphatic heterocycles. The molecule has 0 unspecified atom stereocenters. The normalized spacial score (nSPS) is 11.5. The van der Waals surface area contributed by atoms with Crippen molar-refractivity contribution in [2.24, 2.45) is 0 Å². The third kappa shape index (κ3) is 10.2. The van der Waals surface area contributed by atoms with E-state index in [1.165, 1.54) is 57.7 Å². The van der Waals surface area contributed by atoms with Gasteiger partial charge in [-0.3, -0.25) is 23.4 Å². The van der Waals surface area contributed by atoms with Crippen molar-refractivity contribution in [3.8, 4) is 34.3 Å². The van der Waals surface area contributed by atoms with Crippen LogP contribution in [0.3, 0.4) is 0 Å². The summed E-state index contributed by atoms with van der Waals surface area (Å²) in [5.41, 5.74) is 1.76. The SMILES string of the molecule is O=c1c2ccccc2nc(-c2ccc(OS(=O)(=O)[O-])cc2)n1CCCCn1cc(Cn2c(-c3ccc(OS(=O)(=O)[O-])cc3)nc3ccccc3c2=O)nn1.[Na+].[Na+]. The fraction of sp³-hybridized carbons (Fsp3) is 0.143. The molecule has 0 N–H and O–H groups in total. The van der Waals surface area contributed by atoms with Crippen LogP contribution >= 0.6 is 0 Å². The van der Waals surface area contributed by atoms with Crippen molar-refractivity contribution in [2.45, 2.75) is 32.5 Å². The summed E-state index contributed by atoms with van der Waals surface area (Å²) in [6.07, 6.45) is 2.80. The maximum Gasteiger partial charge on any atom is 1.00 e. The predicted molar refractivity (Wildman–Crippen MR) is 192 cm³/mol. The minimum absolute atomic E-state index is 0. The van der Waals surface area contributed by atoms with Gasteiger partial charge < -0.3 is 17.5 Å². The number of hydrogen-bond acceptors (Lipinski definition) is 14. The molecule has 4 aromatic carbocycles. The number of aryl methyl sites for hydroxylation is 1. The van der Waals surface area contributed by atoms with Gasteiger partial charge in [0.25, 0.3) is 31.9 Å². The summed E-state index contributed by atoms with van der Waals surface area (Å²) >= 11 is 0. The number of fused-ring (bicyclic) bond motifs is 2. The van der Waals surface area contributed by atoms with E-state index in [2.05, 4.69) is 23.7 Å². The van der Waals surface area contributed by atoms with E-state index in [4.69, 9.17) is 4.98 Å². The molecule has 0 bridgehead atoms. The van der Waals surface area contributed by atoms with Crippen molar-refractivity contribution in [3.05, 3.63) is 130 Å². The van der Waals surface area contributed by atoms with E-state index in [1.54, 1.807) is 59.4 Å². The van der Waals surface area contributed by atoms with Gasteiger partial charge in [0.1, 0.15) is 28.8 Å². The zero-order valence-corrected chi connectivity index (χ0v) is 35.5. The first-order valence-electron chi connectivity index (χ1n) is 16.2. The van der Waals surface area contributed by atoms with Crippen LogP contribution in [0.15, 0.2) is 113 Å². The van der Waals surface area contributed by atoms with E-state index in [0.717, 1.165) is 0 Å². The molecule has 7 rings (SSSR count). The monoisotopic (exact) mass is 815 g/mol. The Labute approximate surface area is 363 Å². The van der Waals surface area contributed by atoms with E-state index < -0.39 is 20.8 Å². The average Bonchev–Trinajstić information content (AvgIpc) is 3.58. The smallest absolute Gasteiger partial charge is 0.716 e. The maximum absolute atomic E-state index is 13.7. The van der Waals surface area contributed by atoms with Crippen LogP contribution in [-0.2, 0) is 40.4 Å². The van der Waals surface area contributed by atoms with Crippen LogP contribution in [-0.4, -0.2) is 60.0 Å². The number of para-hydroxylation sites is 2. The molecular formula is C35H27N7Na2O10S2. The van der Waals surface area contributed by atoms with Crippen molar-refractivity contribution in [1.82, 2.24) is 34.1 Å². The van der Waals surface area contributed by atoms with Crippen LogP contribution in [0, 0.1) is 0 Å². The Balaban J connectivity index is 0.00000300. The zero-order valence-electron chi connectivity index (χ0n) is 29.9. The van der Waals surface area contributed by atoms with Gasteiger partial charge in [-0.25, -0.2) is 26.8 Å². The quantitative estimate of drug-likeness (QED) is 0.0497. The number of benzene rings is 4. The molecule has 0 aliphatic rings. The molecule has 3 heterocycles. The molecule has 0 saturated carbocycles. The van der Waals surface area contributed by atoms with Crippen molar-refractivity contribution < 1.29 is 93.4 Å². The van der Waals surface area contributed by atoms with E-state index >= 15 is 0 Å². The predicted octanol–water partition coefficient (Wildman–Crippen LogP) is -2.75. The van der Waals surface area contributed by atoms with E-state index in [0.29, 0.717) is 63.8 Å². The first kappa shape index (κ1) is 42.9. The first-order valence-corrected chi connectivity index (χ1v) is 18.9. The van der Waals surface area contributed by atoms with E-state index in [-0.39, 0.29) is 101 Å². The van der Waals surface area contributed by atoms with Gasteiger partial charge in [-0.1, -0.05) is 29.5 Å². The molecule has 0 atom stereocenters. The van der Waals surface area contributed by atoms with Crippen LogP contribution < -0.4 is 78.6 Å². The molecule has 0 amide bonds. The Kier molecular flexibility index (Phi) is 13.7. The molecule has 21 heteroatoms. The van der Waals surface area contributed by atoms with Gasteiger partial charge in [0.2, 0.25) is 0 Å². The molecule has 0 radical (unpaired) electrons. The Bertz CT molecular complexity index is 2870. The second kappa shape index (κ2) is 17.9. The Hall–Kier alpha value is -4.28. The molecule has 17 nitrogen and oxygen atoms in total. The van der Waals surface area contributed by atoms with Gasteiger partial charge in [0.15, 0.2) is 0 Å². The summed E-state index contributed by atoms with van der Waals surface area (Å²) in [5, 5.41) is 9.29. The fourth-order valence-electron chi connectivity index (χ4n) is 5.91. The molecule has 0 spiro atoms. The minimum Gasteiger partial charge on any atom is -0.716 e. The Morgan fingerprint density at radius 1 is 0.589 bits per heavy atom. The summed E-state index contributed by atoms with van der Waals surface area (Å²) in [6.45, 7) is 0.716. The third-order valence-corrected chi connectivity index (χ3v) is 9.06. The van der Waals surface area contributed by atoms with Crippen LogP contribution in [0.4, 0.5) is 0 Å². The number of hydrogen-bond donors (Lipinski definition) is 0. The van der Waals surface area contributed by atoms with Gasteiger partial charge >= 0.3 is 59.1 Å². The largest absolute Gasteiger partial charge is 1.00 e. The van der Waals surface area contributed by atoms with Crippen molar-refractivity contribution in [2.75, 3.05) is 0 Å². The van der Waals surface area contributed by atoms with E-state index in [9.17, 15) is 35.5 Å². The van der Waals surface area contributed by atoms with Gasteiger partial charge in [-0.05, 0) is 85.6 Å². The number of rotatable bonds is 13. The zero-order chi connectivity index (χ0) is 38.0. The van der Waals surface area contributed by atoms with Gasteiger partial charge in [-0.15, -0.1) is 5.10 Å². The summed E-state index contributed by atoms with van der Waals surface area (Å²) in [6, 6.07) is 24.9. The molecule has 7 aromatic rings. The van der Waals surface area contributed by atoms with Crippen LogP contribution in [0.5, 0.6) is 11.5 Å². The van der Waals surface area contributed by atoms with Crippen molar-refractivity contribution in [1.29, 1.82) is 0 Å². The molecule has 0 fully saturated rings. The average molecular weight is 816 g/mol. The van der Waals surface area contributed by atoms with Crippen LogP contribution in [0.2, 0.25) is 0 Å². The summed E-state index contributed by atoms with van der Waals surface area (Å²) < 4.78 is 79.5. The van der Waals surface area contributed by atoms with Crippen LogP contribution in [0.25, 0.3) is 44.6 Å². The number of nitrogens with zero attached hydrogens (tertiary/aromatic N) is 7. The van der Waals surface area contributed by atoms with Gasteiger partial charge in [0.05, 0.1) is 34.5 Å². The topological polar surface area (TPSA) is 233 Å². The van der Waals surface area contributed by atoms with Gasteiger partial charge in [-0.2, -0.15) is 0 Å². The maximum atomic E-state index is 13.7.